The van der Waals surface area contributed by atoms with E-state index in [1.165, 1.54) is 18.2 Å². The Morgan fingerprint density at radius 3 is 3.06 bits per heavy atom. The second kappa shape index (κ2) is 5.25. The van der Waals surface area contributed by atoms with E-state index in [0.29, 0.717) is 18.7 Å². The monoisotopic (exact) mass is 239 g/mol. The Hall–Kier alpha value is -1.46. The van der Waals surface area contributed by atoms with Crippen molar-refractivity contribution < 1.29 is 19.0 Å². The summed E-state index contributed by atoms with van der Waals surface area (Å²) in [5.41, 5.74) is 0.475. The second-order valence-corrected chi connectivity index (χ2v) is 4.05. The number of hydrogen-bond donors (Lipinski definition) is 2. The maximum atomic E-state index is 13.4. The van der Waals surface area contributed by atoms with E-state index in [0.717, 1.165) is 13.0 Å². The summed E-state index contributed by atoms with van der Waals surface area (Å²) in [5.74, 6) is -1.43. The van der Waals surface area contributed by atoms with Crippen LogP contribution in [0.4, 0.5) is 4.39 Å². The van der Waals surface area contributed by atoms with E-state index in [1.807, 2.05) is 0 Å². The molecular formula is C12H14FNO3. The van der Waals surface area contributed by atoms with Gasteiger partial charge < -0.3 is 15.2 Å². The molecule has 1 heterocycles. The molecule has 1 aromatic rings. The van der Waals surface area contributed by atoms with Gasteiger partial charge in [-0.1, -0.05) is 0 Å². The number of rotatable bonds is 4. The number of carbonyl (C=O) groups is 1. The van der Waals surface area contributed by atoms with Gasteiger partial charge in [0.25, 0.3) is 0 Å². The third-order valence-electron chi connectivity index (χ3n) is 2.80. The van der Waals surface area contributed by atoms with Crippen LogP contribution in [-0.2, 0) is 11.3 Å². The SMILES string of the molecule is O=C(O)c1ccc(F)c(CNC2CCOC2)c1. The minimum Gasteiger partial charge on any atom is -0.478 e. The van der Waals surface area contributed by atoms with Crippen LogP contribution in [0.2, 0.25) is 0 Å². The molecule has 1 aromatic carbocycles. The van der Waals surface area contributed by atoms with E-state index in [4.69, 9.17) is 9.84 Å². The minimum absolute atomic E-state index is 0.103. The molecule has 1 aliphatic rings. The quantitative estimate of drug-likeness (QED) is 0.834. The highest BCUT2D eigenvalue weighted by molar-refractivity contribution is 5.87. The molecule has 2 rings (SSSR count). The zero-order valence-electron chi connectivity index (χ0n) is 9.28. The van der Waals surface area contributed by atoms with Crippen LogP contribution in [0.5, 0.6) is 0 Å². The fourth-order valence-electron chi connectivity index (χ4n) is 1.79. The predicted octanol–water partition coefficient (Wildman–Crippen LogP) is 1.40. The molecule has 5 heteroatoms. The Balaban J connectivity index is 2.03. The van der Waals surface area contributed by atoms with Gasteiger partial charge in [-0.3, -0.25) is 0 Å². The molecule has 0 radical (unpaired) electrons. The number of aromatic carboxylic acids is 1. The molecule has 1 atom stereocenters. The first-order valence-electron chi connectivity index (χ1n) is 5.49. The summed E-state index contributed by atoms with van der Waals surface area (Å²) in [4.78, 5) is 10.8. The van der Waals surface area contributed by atoms with Crippen LogP contribution in [0.3, 0.4) is 0 Å². The van der Waals surface area contributed by atoms with E-state index >= 15 is 0 Å². The maximum Gasteiger partial charge on any atom is 0.335 e. The lowest BCUT2D eigenvalue weighted by Crippen LogP contribution is -2.29. The van der Waals surface area contributed by atoms with E-state index in [2.05, 4.69) is 5.32 Å². The van der Waals surface area contributed by atoms with Crippen molar-refractivity contribution in [3.05, 3.63) is 35.1 Å². The Kier molecular flexibility index (Phi) is 3.71. The summed E-state index contributed by atoms with van der Waals surface area (Å²) in [7, 11) is 0. The van der Waals surface area contributed by atoms with E-state index in [-0.39, 0.29) is 17.4 Å². The third-order valence-corrected chi connectivity index (χ3v) is 2.80. The lowest BCUT2D eigenvalue weighted by atomic mass is 10.1. The van der Waals surface area contributed by atoms with Gasteiger partial charge in [0.1, 0.15) is 5.82 Å². The molecule has 2 N–H and O–H groups in total. The molecule has 1 saturated heterocycles. The van der Waals surface area contributed by atoms with Crippen LogP contribution in [0.25, 0.3) is 0 Å². The average Bonchev–Trinajstić information content (AvgIpc) is 2.80. The summed E-state index contributed by atoms with van der Waals surface area (Å²) in [5, 5.41) is 12.0. The van der Waals surface area contributed by atoms with E-state index in [9.17, 15) is 9.18 Å². The second-order valence-electron chi connectivity index (χ2n) is 4.05. The largest absolute Gasteiger partial charge is 0.478 e. The molecule has 0 bridgehead atoms. The van der Waals surface area contributed by atoms with Crippen LogP contribution < -0.4 is 5.32 Å². The van der Waals surface area contributed by atoms with E-state index in [1.54, 1.807) is 0 Å². The molecule has 0 aromatic heterocycles. The Morgan fingerprint density at radius 1 is 1.59 bits per heavy atom. The molecule has 92 valence electrons. The molecular weight excluding hydrogens is 225 g/mol. The number of carboxylic acid groups (broad SMARTS) is 1. The van der Waals surface area contributed by atoms with Gasteiger partial charge in [-0.15, -0.1) is 0 Å². The Morgan fingerprint density at radius 2 is 2.41 bits per heavy atom. The predicted molar refractivity (Wildman–Crippen MR) is 59.4 cm³/mol. The number of hydrogen-bond acceptors (Lipinski definition) is 3. The summed E-state index contributed by atoms with van der Waals surface area (Å²) in [6.07, 6.45) is 0.903. The highest BCUT2D eigenvalue weighted by atomic mass is 19.1. The maximum absolute atomic E-state index is 13.4. The highest BCUT2D eigenvalue weighted by Gasteiger charge is 2.15. The summed E-state index contributed by atoms with van der Waals surface area (Å²) in [6, 6.07) is 4.04. The van der Waals surface area contributed by atoms with Gasteiger partial charge in [0.2, 0.25) is 0 Å². The van der Waals surface area contributed by atoms with Gasteiger partial charge in [0, 0.05) is 24.8 Å². The number of nitrogens with one attached hydrogen (secondary N) is 1. The fourth-order valence-corrected chi connectivity index (χ4v) is 1.79. The van der Waals surface area contributed by atoms with Gasteiger partial charge in [-0.2, -0.15) is 0 Å². The van der Waals surface area contributed by atoms with Crippen molar-refractivity contribution in [1.82, 2.24) is 5.32 Å². The van der Waals surface area contributed by atoms with Gasteiger partial charge in [-0.05, 0) is 24.6 Å². The minimum atomic E-state index is -1.05. The average molecular weight is 239 g/mol. The van der Waals surface area contributed by atoms with Gasteiger partial charge in [0.05, 0.1) is 12.2 Å². The molecule has 4 nitrogen and oxygen atoms in total. The number of halogens is 1. The first-order chi connectivity index (χ1) is 8.16. The summed E-state index contributed by atoms with van der Waals surface area (Å²) < 4.78 is 18.6. The third kappa shape index (κ3) is 3.01. The standard InChI is InChI=1S/C12H14FNO3/c13-11-2-1-8(12(15)16)5-9(11)6-14-10-3-4-17-7-10/h1-2,5,10,14H,3-4,6-7H2,(H,15,16). The van der Waals surface area contributed by atoms with Crippen molar-refractivity contribution in [3.63, 3.8) is 0 Å². The number of ether oxygens (including phenoxy) is 1. The molecule has 17 heavy (non-hydrogen) atoms. The smallest absolute Gasteiger partial charge is 0.335 e. The molecule has 1 fully saturated rings. The Labute approximate surface area is 98.4 Å². The van der Waals surface area contributed by atoms with Crippen molar-refractivity contribution >= 4 is 5.97 Å². The van der Waals surface area contributed by atoms with Gasteiger partial charge in [-0.25, -0.2) is 9.18 Å². The van der Waals surface area contributed by atoms with Crippen molar-refractivity contribution in [2.75, 3.05) is 13.2 Å². The Bertz CT molecular complexity index is 416. The fraction of sp³-hybridized carbons (Fsp3) is 0.417. The first-order valence-corrected chi connectivity index (χ1v) is 5.49. The van der Waals surface area contributed by atoms with Crippen LogP contribution >= 0.6 is 0 Å². The number of benzene rings is 1. The van der Waals surface area contributed by atoms with Crippen LogP contribution in [-0.4, -0.2) is 30.3 Å². The summed E-state index contributed by atoms with van der Waals surface area (Å²) >= 11 is 0. The molecule has 1 aliphatic heterocycles. The normalized spacial score (nSPS) is 19.5. The van der Waals surface area contributed by atoms with Crippen LogP contribution in [0.1, 0.15) is 22.3 Å². The lowest BCUT2D eigenvalue weighted by Gasteiger charge is -2.11. The van der Waals surface area contributed by atoms with Crippen molar-refractivity contribution in [3.8, 4) is 0 Å². The zero-order chi connectivity index (χ0) is 12.3. The number of carboxylic acids is 1. The molecule has 0 aliphatic carbocycles. The zero-order valence-corrected chi connectivity index (χ0v) is 9.28. The molecule has 1 unspecified atom stereocenters. The molecule has 0 saturated carbocycles. The lowest BCUT2D eigenvalue weighted by molar-refractivity contribution is 0.0696. The molecule has 0 spiro atoms. The van der Waals surface area contributed by atoms with E-state index < -0.39 is 5.97 Å². The van der Waals surface area contributed by atoms with Crippen LogP contribution in [0.15, 0.2) is 18.2 Å². The summed E-state index contributed by atoms with van der Waals surface area (Å²) in [6.45, 7) is 1.66. The first kappa shape index (κ1) is 12.0. The van der Waals surface area contributed by atoms with Crippen LogP contribution in [0, 0.1) is 5.82 Å². The topological polar surface area (TPSA) is 58.6 Å². The highest BCUT2D eigenvalue weighted by Crippen LogP contribution is 2.12. The van der Waals surface area contributed by atoms with Gasteiger partial charge in [0.15, 0.2) is 0 Å². The van der Waals surface area contributed by atoms with Crippen molar-refractivity contribution in [2.24, 2.45) is 0 Å². The van der Waals surface area contributed by atoms with Gasteiger partial charge >= 0.3 is 5.97 Å². The van der Waals surface area contributed by atoms with Crippen molar-refractivity contribution in [1.29, 1.82) is 0 Å². The van der Waals surface area contributed by atoms with Crippen molar-refractivity contribution in [2.45, 2.75) is 19.0 Å². The molecule has 0 amide bonds.